The number of fused-ring (bicyclic) bond motifs is 6. The normalized spacial score (nSPS) is 23.1. The Kier molecular flexibility index (Phi) is 3.15. The topological polar surface area (TPSA) is 13.1 Å². The van der Waals surface area contributed by atoms with Gasteiger partial charge in [0, 0.05) is 18.1 Å². The fourth-order valence-electron chi connectivity index (χ4n) is 6.45. The first kappa shape index (κ1) is 13.7. The molecule has 10 rings (SSSR count). The number of hydrogen-bond donors (Lipinski definition) is 0. The van der Waals surface area contributed by atoms with Gasteiger partial charge in [-0.25, -0.2) is 0 Å². The molecule has 0 amide bonds. The molecule has 49 heavy (non-hydrogen) atoms. The summed E-state index contributed by atoms with van der Waals surface area (Å²) in [5, 5.41) is 0.00444. The van der Waals surface area contributed by atoms with E-state index in [0.717, 1.165) is 0 Å². The first-order valence-corrected chi connectivity index (χ1v) is 15.3. The van der Waals surface area contributed by atoms with Crippen molar-refractivity contribution >= 4 is 54.3 Å². The van der Waals surface area contributed by atoms with Crippen LogP contribution >= 0.6 is 0 Å². The zero-order valence-corrected chi connectivity index (χ0v) is 25.2. The van der Waals surface area contributed by atoms with Crippen molar-refractivity contribution < 1.29 is 34.6 Å². The summed E-state index contributed by atoms with van der Waals surface area (Å²) in [4.78, 5) is 0. The quantitative estimate of drug-likeness (QED) is 0.173. The van der Waals surface area contributed by atoms with Crippen LogP contribution < -0.4 is 0 Å². The van der Waals surface area contributed by atoms with Crippen LogP contribution in [0.2, 0.25) is 0 Å². The molecular weight excluding hydrogens is 593 g/mol. The second-order valence-electron chi connectivity index (χ2n) is 11.3. The Morgan fingerprint density at radius 2 is 1.27 bits per heavy atom. The van der Waals surface area contributed by atoms with E-state index in [1.54, 1.807) is 48.5 Å². The second-order valence-corrected chi connectivity index (χ2v) is 11.3. The maximum Gasteiger partial charge on any atom is 0.136 e. The highest BCUT2D eigenvalue weighted by Crippen LogP contribution is 2.47. The zero-order valence-electron chi connectivity index (χ0n) is 47.2. The summed E-state index contributed by atoms with van der Waals surface area (Å²) in [7, 11) is 0. The van der Waals surface area contributed by atoms with E-state index in [2.05, 4.69) is 0 Å². The lowest BCUT2D eigenvalue weighted by molar-refractivity contribution is 0.669. The van der Waals surface area contributed by atoms with Crippen molar-refractivity contribution in [3.05, 3.63) is 181 Å². The molecule has 1 aliphatic rings. The van der Waals surface area contributed by atoms with Gasteiger partial charge in [-0.15, -0.1) is 0 Å². The highest BCUT2D eigenvalue weighted by Gasteiger charge is 2.21. The van der Waals surface area contributed by atoms with Crippen molar-refractivity contribution in [3.8, 4) is 33.4 Å². The first-order valence-electron chi connectivity index (χ1n) is 26.3. The van der Waals surface area contributed by atoms with Gasteiger partial charge in [-0.2, -0.15) is 0 Å². The molecule has 0 fully saturated rings. The Labute approximate surface area is 316 Å². The molecule has 1 nitrogen and oxygen atoms in total. The van der Waals surface area contributed by atoms with Crippen LogP contribution in [-0.2, 0) is 0 Å². The predicted molar refractivity (Wildman–Crippen MR) is 208 cm³/mol. The molecule has 9 aromatic rings. The molecule has 2 unspecified atom stereocenters. The summed E-state index contributed by atoms with van der Waals surface area (Å²) < 4.78 is 202. The van der Waals surface area contributed by atoms with Crippen LogP contribution in [0.1, 0.15) is 48.0 Å². The number of furan rings is 1. The van der Waals surface area contributed by atoms with Crippen molar-refractivity contribution in [1.29, 1.82) is 0 Å². The Morgan fingerprint density at radius 1 is 0.551 bits per heavy atom. The predicted octanol–water partition coefficient (Wildman–Crippen LogP) is 13.6. The van der Waals surface area contributed by atoms with Gasteiger partial charge in [0.05, 0.1) is 28.8 Å². The monoisotopic (exact) mass is 646 g/mol. The maximum absolute atomic E-state index is 9.72. The van der Waals surface area contributed by atoms with Crippen LogP contribution in [0.4, 0.5) is 0 Å². The zero-order chi connectivity index (χ0) is 51.5. The van der Waals surface area contributed by atoms with E-state index in [1.165, 1.54) is 0 Å². The Balaban J connectivity index is 1.33. The minimum atomic E-state index is -1.71. The number of rotatable bonds is 4. The van der Waals surface area contributed by atoms with Crippen LogP contribution in [0.3, 0.4) is 0 Å². The maximum atomic E-state index is 9.72. The molecular formula is C48H32O. The minimum Gasteiger partial charge on any atom is -0.456 e. The lowest BCUT2D eigenvalue weighted by atomic mass is 9.84. The van der Waals surface area contributed by atoms with Crippen molar-refractivity contribution in [2.24, 2.45) is 0 Å². The van der Waals surface area contributed by atoms with E-state index in [1.807, 2.05) is 0 Å². The smallest absolute Gasteiger partial charge is 0.136 e. The van der Waals surface area contributed by atoms with Crippen LogP contribution in [0.25, 0.3) is 87.6 Å². The third-order valence-electron chi connectivity index (χ3n) is 8.57. The molecule has 1 heterocycles. The minimum absolute atomic E-state index is 0.0934. The Morgan fingerprint density at radius 3 is 2.06 bits per heavy atom. The highest BCUT2D eigenvalue weighted by molar-refractivity contribution is 6.26. The summed E-state index contributed by atoms with van der Waals surface area (Å²) in [5.41, 5.74) is -2.15. The average Bonchev–Trinajstić information content (AvgIpc) is 3.76. The largest absolute Gasteiger partial charge is 0.456 e. The number of benzene rings is 8. The Hall–Kier alpha value is -6.18. The van der Waals surface area contributed by atoms with E-state index >= 15 is 0 Å². The fraction of sp³-hybridized carbons (Fsp3) is 0.0417. The van der Waals surface area contributed by atoms with Crippen molar-refractivity contribution in [1.82, 2.24) is 0 Å². The summed E-state index contributed by atoms with van der Waals surface area (Å²) in [6, 6.07) is -0.825. The lowest BCUT2D eigenvalue weighted by Gasteiger charge is -2.19. The van der Waals surface area contributed by atoms with E-state index in [9.17, 15) is 9.60 Å². The molecule has 1 aliphatic carbocycles. The van der Waals surface area contributed by atoms with E-state index in [0.29, 0.717) is 10.8 Å². The molecule has 8 aromatic carbocycles. The molecule has 0 spiro atoms. The van der Waals surface area contributed by atoms with E-state index < -0.39 is 167 Å². The van der Waals surface area contributed by atoms with Gasteiger partial charge in [0.2, 0.25) is 0 Å². The highest BCUT2D eigenvalue weighted by atomic mass is 16.3. The number of hydrogen-bond acceptors (Lipinski definition) is 1. The van der Waals surface area contributed by atoms with Gasteiger partial charge >= 0.3 is 0 Å². The molecule has 0 aliphatic heterocycles. The van der Waals surface area contributed by atoms with E-state index in [-0.39, 0.29) is 54.8 Å². The summed E-state index contributed by atoms with van der Waals surface area (Å²) in [6.45, 7) is 0. The third-order valence-corrected chi connectivity index (χ3v) is 8.57. The van der Waals surface area contributed by atoms with Crippen LogP contribution in [-0.4, -0.2) is 0 Å². The van der Waals surface area contributed by atoms with Gasteiger partial charge in [-0.05, 0) is 102 Å². The molecule has 0 saturated carbocycles. The van der Waals surface area contributed by atoms with Gasteiger partial charge in [-0.1, -0.05) is 151 Å². The van der Waals surface area contributed by atoms with Crippen LogP contribution in [0.5, 0.6) is 0 Å². The summed E-state index contributed by atoms with van der Waals surface area (Å²) >= 11 is 0. The Bertz CT molecular complexity index is 3950. The van der Waals surface area contributed by atoms with Gasteiger partial charge in [0.25, 0.3) is 0 Å². The SMILES string of the molecule is [2H]C1=C([2H])C([2H])C(c2c([2H])c([2H])c3c([2H])c(-c4c5ccccc5c(-c5c([2H])c([2H])c([2H])c6oc7c([2H])c([2H])c(-c8c([2H])c([2H])c([2H])c([2H])c8[2H])c([2H])c7c56)c5ccccc45)c([2H])c([2H])c3c2[2H])C([2H])=C1[2H]. The van der Waals surface area contributed by atoms with Crippen molar-refractivity contribution in [2.45, 2.75) is 12.3 Å². The molecule has 0 bridgehead atoms. The lowest BCUT2D eigenvalue weighted by Crippen LogP contribution is -1.96. The van der Waals surface area contributed by atoms with Gasteiger partial charge in [0.15, 0.2) is 0 Å². The molecule has 0 N–H and O–H groups in total. The molecule has 230 valence electrons. The second kappa shape index (κ2) is 11.2. The van der Waals surface area contributed by atoms with Crippen LogP contribution in [0.15, 0.2) is 180 Å². The molecule has 1 aromatic heterocycles. The molecule has 2 atom stereocenters. The first-order chi connectivity index (χ1) is 33.5. The molecule has 0 radical (unpaired) electrons. The standard InChI is InChI=1S/C48H32O/c1-3-12-31(13-4-1)33-22-23-35-29-37(25-24-34(35)28-33)46-38-16-7-9-18-40(38)47(41-19-10-8-17-39(41)46)42-20-11-21-45-48(42)43-30-36(26-27-44(43)49-45)32-14-5-2-6-15-32/h1-12,14-31H,13H2/i1D,2D,3D,4D,5D,6D,11D,12D,13D,14D,15D,20D,21D,22D,23D,24D,25D,26D,27D,28D,29D,30D. The van der Waals surface area contributed by atoms with Crippen molar-refractivity contribution in [2.75, 3.05) is 0 Å². The molecule has 0 saturated heterocycles. The number of allylic oxidation sites excluding steroid dienone is 4. The fourth-order valence-corrected chi connectivity index (χ4v) is 6.45. The average molecular weight is 647 g/mol. The van der Waals surface area contributed by atoms with E-state index in [4.69, 9.17) is 25.0 Å². The molecule has 1 heteroatoms. The summed E-state index contributed by atoms with van der Waals surface area (Å²) in [5.74, 6) is -1.61. The van der Waals surface area contributed by atoms with Gasteiger partial charge < -0.3 is 4.42 Å². The summed E-state index contributed by atoms with van der Waals surface area (Å²) in [6.07, 6.45) is -1.71. The van der Waals surface area contributed by atoms with Crippen molar-refractivity contribution in [3.63, 3.8) is 0 Å². The van der Waals surface area contributed by atoms with Gasteiger partial charge in [0.1, 0.15) is 11.2 Å². The third kappa shape index (κ3) is 4.54. The van der Waals surface area contributed by atoms with Crippen LogP contribution in [0, 0.1) is 0 Å². The van der Waals surface area contributed by atoms with Gasteiger partial charge in [-0.3, -0.25) is 0 Å².